The van der Waals surface area contributed by atoms with Crippen LogP contribution in [0.4, 0.5) is 0 Å². The number of hydrogen-bond donors (Lipinski definition) is 0. The Labute approximate surface area is 141 Å². The zero-order chi connectivity index (χ0) is 17.9. The van der Waals surface area contributed by atoms with Crippen LogP contribution in [-0.2, 0) is 17.9 Å². The SMILES string of the molecule is Cc1ccc(CN(C)C(=O)Cn2nc(C)c(C)c(C#N)c2=O)cc1. The maximum absolute atomic E-state index is 12.4. The van der Waals surface area contributed by atoms with E-state index in [1.165, 1.54) is 0 Å². The lowest BCUT2D eigenvalue weighted by molar-refractivity contribution is -0.131. The van der Waals surface area contributed by atoms with E-state index in [0.29, 0.717) is 17.8 Å². The van der Waals surface area contributed by atoms with Gasteiger partial charge in [-0.3, -0.25) is 9.59 Å². The van der Waals surface area contributed by atoms with Gasteiger partial charge in [0.05, 0.1) is 5.69 Å². The molecule has 1 heterocycles. The van der Waals surface area contributed by atoms with Crippen molar-refractivity contribution >= 4 is 5.91 Å². The molecule has 0 N–H and O–H groups in total. The van der Waals surface area contributed by atoms with Crippen LogP contribution >= 0.6 is 0 Å². The molecule has 6 heteroatoms. The van der Waals surface area contributed by atoms with E-state index < -0.39 is 5.56 Å². The summed E-state index contributed by atoms with van der Waals surface area (Å²) in [6.07, 6.45) is 0. The molecule has 0 aliphatic rings. The number of carbonyl (C=O) groups is 1. The molecule has 0 fully saturated rings. The third-order valence-corrected chi connectivity index (χ3v) is 4.00. The summed E-state index contributed by atoms with van der Waals surface area (Å²) in [6, 6.07) is 9.80. The lowest BCUT2D eigenvalue weighted by Gasteiger charge is -2.18. The van der Waals surface area contributed by atoms with Crippen molar-refractivity contribution in [2.24, 2.45) is 0 Å². The summed E-state index contributed by atoms with van der Waals surface area (Å²) < 4.78 is 1.06. The van der Waals surface area contributed by atoms with E-state index in [1.54, 1.807) is 25.8 Å². The Morgan fingerprint density at radius 1 is 1.25 bits per heavy atom. The number of amides is 1. The third kappa shape index (κ3) is 3.69. The fraction of sp³-hybridized carbons (Fsp3) is 0.333. The quantitative estimate of drug-likeness (QED) is 0.857. The number of benzene rings is 1. The second-order valence-corrected chi connectivity index (χ2v) is 5.90. The predicted molar refractivity (Wildman–Crippen MR) is 90.3 cm³/mol. The predicted octanol–water partition coefficient (Wildman–Crippen LogP) is 1.70. The van der Waals surface area contributed by atoms with Gasteiger partial charge in [0.1, 0.15) is 18.2 Å². The van der Waals surface area contributed by atoms with Crippen LogP contribution in [0, 0.1) is 32.1 Å². The van der Waals surface area contributed by atoms with E-state index in [2.05, 4.69) is 5.10 Å². The highest BCUT2D eigenvalue weighted by Crippen LogP contribution is 2.07. The summed E-state index contributed by atoms with van der Waals surface area (Å²) in [5, 5.41) is 13.2. The summed E-state index contributed by atoms with van der Waals surface area (Å²) in [4.78, 5) is 26.2. The van der Waals surface area contributed by atoms with Gasteiger partial charge in [-0.05, 0) is 31.9 Å². The topological polar surface area (TPSA) is 79.0 Å². The Morgan fingerprint density at radius 3 is 2.46 bits per heavy atom. The standard InChI is InChI=1S/C18H20N4O2/c1-12-5-7-15(8-6-12)10-21(4)17(23)11-22-18(24)16(9-19)13(2)14(3)20-22/h5-8H,10-11H2,1-4H3. The highest BCUT2D eigenvalue weighted by Gasteiger charge is 2.16. The molecule has 1 amide bonds. The van der Waals surface area contributed by atoms with Crippen molar-refractivity contribution in [3.8, 4) is 6.07 Å². The van der Waals surface area contributed by atoms with Gasteiger partial charge in [0.2, 0.25) is 5.91 Å². The smallest absolute Gasteiger partial charge is 0.285 e. The Hall–Kier alpha value is -2.94. The molecule has 24 heavy (non-hydrogen) atoms. The van der Waals surface area contributed by atoms with Crippen molar-refractivity contribution in [1.82, 2.24) is 14.7 Å². The van der Waals surface area contributed by atoms with Crippen LogP contribution in [0.3, 0.4) is 0 Å². The van der Waals surface area contributed by atoms with Crippen molar-refractivity contribution < 1.29 is 4.79 Å². The monoisotopic (exact) mass is 324 g/mol. The minimum atomic E-state index is -0.530. The molecule has 6 nitrogen and oxygen atoms in total. The minimum absolute atomic E-state index is 0.0384. The molecule has 0 aliphatic carbocycles. The highest BCUT2D eigenvalue weighted by atomic mass is 16.2. The molecule has 0 radical (unpaired) electrons. The van der Waals surface area contributed by atoms with Gasteiger partial charge >= 0.3 is 0 Å². The third-order valence-electron chi connectivity index (χ3n) is 4.00. The number of aromatic nitrogens is 2. The summed E-state index contributed by atoms with van der Waals surface area (Å²) in [5.41, 5.74) is 2.80. The molecule has 0 spiro atoms. The van der Waals surface area contributed by atoms with Gasteiger partial charge in [0, 0.05) is 13.6 Å². The molecule has 2 rings (SSSR count). The van der Waals surface area contributed by atoms with Crippen LogP contribution in [0.5, 0.6) is 0 Å². The molecule has 1 aromatic carbocycles. The van der Waals surface area contributed by atoms with Crippen LogP contribution in [0.25, 0.3) is 0 Å². The zero-order valence-electron chi connectivity index (χ0n) is 14.3. The summed E-state index contributed by atoms with van der Waals surface area (Å²) in [5.74, 6) is -0.239. The number of likely N-dealkylation sites (N-methyl/N-ethyl adjacent to an activating group) is 1. The number of carbonyl (C=O) groups excluding carboxylic acids is 1. The fourth-order valence-corrected chi connectivity index (χ4v) is 2.32. The van der Waals surface area contributed by atoms with Crippen molar-refractivity contribution in [2.45, 2.75) is 33.9 Å². The van der Waals surface area contributed by atoms with E-state index in [0.717, 1.165) is 15.8 Å². The summed E-state index contributed by atoms with van der Waals surface area (Å²) in [7, 11) is 1.68. The zero-order valence-corrected chi connectivity index (χ0v) is 14.3. The molecule has 0 saturated heterocycles. The minimum Gasteiger partial charge on any atom is -0.340 e. The molecule has 0 aliphatic heterocycles. The van der Waals surface area contributed by atoms with Crippen LogP contribution in [0.2, 0.25) is 0 Å². The van der Waals surface area contributed by atoms with Gasteiger partial charge in [-0.15, -0.1) is 0 Å². The number of nitrogens with zero attached hydrogens (tertiary/aromatic N) is 4. The average molecular weight is 324 g/mol. The Morgan fingerprint density at radius 2 is 1.88 bits per heavy atom. The second-order valence-electron chi connectivity index (χ2n) is 5.90. The first-order chi connectivity index (χ1) is 11.3. The van der Waals surface area contributed by atoms with Crippen molar-refractivity contribution in [3.63, 3.8) is 0 Å². The largest absolute Gasteiger partial charge is 0.340 e. The normalized spacial score (nSPS) is 10.3. The Kier molecular flexibility index (Phi) is 5.14. The number of nitriles is 1. The molecular formula is C18H20N4O2. The van der Waals surface area contributed by atoms with Gasteiger partial charge in [0.25, 0.3) is 5.56 Å². The van der Waals surface area contributed by atoms with E-state index in [9.17, 15) is 9.59 Å². The van der Waals surface area contributed by atoms with Gasteiger partial charge in [-0.25, -0.2) is 4.68 Å². The van der Waals surface area contributed by atoms with Crippen molar-refractivity contribution in [1.29, 1.82) is 5.26 Å². The van der Waals surface area contributed by atoms with E-state index in [-0.39, 0.29) is 18.0 Å². The van der Waals surface area contributed by atoms with E-state index in [4.69, 9.17) is 5.26 Å². The fourth-order valence-electron chi connectivity index (χ4n) is 2.32. The molecular weight excluding hydrogens is 304 g/mol. The second kappa shape index (κ2) is 7.09. The summed E-state index contributed by atoms with van der Waals surface area (Å²) in [6.45, 7) is 5.66. The molecule has 0 saturated carbocycles. The average Bonchev–Trinajstić information content (AvgIpc) is 2.55. The summed E-state index contributed by atoms with van der Waals surface area (Å²) >= 11 is 0. The molecule has 1 aromatic heterocycles. The van der Waals surface area contributed by atoms with Crippen LogP contribution in [0.1, 0.15) is 27.9 Å². The first kappa shape index (κ1) is 17.4. The molecule has 0 atom stereocenters. The molecule has 0 bridgehead atoms. The van der Waals surface area contributed by atoms with Gasteiger partial charge in [0.15, 0.2) is 0 Å². The molecule has 2 aromatic rings. The van der Waals surface area contributed by atoms with Gasteiger partial charge < -0.3 is 4.90 Å². The van der Waals surface area contributed by atoms with Crippen LogP contribution in [-0.4, -0.2) is 27.6 Å². The van der Waals surface area contributed by atoms with E-state index in [1.807, 2.05) is 37.3 Å². The van der Waals surface area contributed by atoms with Gasteiger partial charge in [-0.1, -0.05) is 29.8 Å². The number of aryl methyl sites for hydroxylation is 2. The number of rotatable bonds is 4. The van der Waals surface area contributed by atoms with Crippen LogP contribution in [0.15, 0.2) is 29.1 Å². The Balaban J connectivity index is 2.17. The van der Waals surface area contributed by atoms with Crippen molar-refractivity contribution in [3.05, 3.63) is 62.6 Å². The van der Waals surface area contributed by atoms with E-state index >= 15 is 0 Å². The first-order valence-corrected chi connectivity index (χ1v) is 7.61. The number of hydrogen-bond acceptors (Lipinski definition) is 4. The highest BCUT2D eigenvalue weighted by molar-refractivity contribution is 5.75. The Bertz CT molecular complexity index is 860. The lowest BCUT2D eigenvalue weighted by Crippen LogP contribution is -2.36. The van der Waals surface area contributed by atoms with Crippen LogP contribution < -0.4 is 5.56 Å². The maximum atomic E-state index is 12.4. The first-order valence-electron chi connectivity index (χ1n) is 7.61. The van der Waals surface area contributed by atoms with Crippen molar-refractivity contribution in [2.75, 3.05) is 7.05 Å². The lowest BCUT2D eigenvalue weighted by atomic mass is 10.1. The molecule has 124 valence electrons. The van der Waals surface area contributed by atoms with Gasteiger partial charge in [-0.2, -0.15) is 10.4 Å². The maximum Gasteiger partial charge on any atom is 0.285 e. The molecule has 0 unspecified atom stereocenters.